The zero-order chi connectivity index (χ0) is 20.1. The quantitative estimate of drug-likeness (QED) is 0.698. The molecule has 9 heteroatoms. The molecule has 2 aliphatic rings. The van der Waals surface area contributed by atoms with E-state index in [9.17, 15) is 8.78 Å². The summed E-state index contributed by atoms with van der Waals surface area (Å²) in [7, 11) is 0. The van der Waals surface area contributed by atoms with Gasteiger partial charge in [-0.05, 0) is 44.0 Å². The molecule has 0 N–H and O–H groups in total. The Labute approximate surface area is 168 Å². The molecule has 0 spiro atoms. The summed E-state index contributed by atoms with van der Waals surface area (Å²) in [4.78, 5) is 9.18. The number of aromatic nitrogens is 2. The number of piperidine rings is 1. The number of ether oxygens (including phenoxy) is 2. The molecule has 2 saturated heterocycles. The Hall–Kier alpha value is -2.10. The van der Waals surface area contributed by atoms with Crippen molar-refractivity contribution in [3.05, 3.63) is 30.2 Å². The van der Waals surface area contributed by atoms with Gasteiger partial charge in [0.15, 0.2) is 0 Å². The number of benzene rings is 1. The van der Waals surface area contributed by atoms with Crippen LogP contribution in [0.1, 0.15) is 18.7 Å². The fraction of sp³-hybridized carbons (Fsp3) is 0.600. The number of hydrogen-bond acceptors (Lipinski definition) is 7. The number of likely N-dealkylation sites (tertiary alicyclic amines) is 1. The molecule has 0 aliphatic carbocycles. The number of morpholine rings is 1. The molecule has 0 unspecified atom stereocenters. The van der Waals surface area contributed by atoms with Gasteiger partial charge in [-0.25, -0.2) is 0 Å². The fourth-order valence-electron chi connectivity index (χ4n) is 3.95. The van der Waals surface area contributed by atoms with Gasteiger partial charge in [0, 0.05) is 19.6 Å². The molecule has 0 bridgehead atoms. The average Bonchev–Trinajstić information content (AvgIpc) is 3.18. The molecule has 3 heterocycles. The van der Waals surface area contributed by atoms with Crippen molar-refractivity contribution in [2.45, 2.75) is 26.0 Å². The summed E-state index contributed by atoms with van der Waals surface area (Å²) in [5.41, 5.74) is 0.395. The Bertz CT molecular complexity index is 775. The standard InChI is InChI=1S/C20H26F2N4O3/c21-20(22)28-17-4-2-1-3-16(17)19-23-18(29-24-19)14-25-7-5-15(6-8-25)13-26-9-11-27-12-10-26/h1-4,15,20H,5-14H2. The van der Waals surface area contributed by atoms with Crippen molar-refractivity contribution in [3.8, 4) is 17.1 Å². The van der Waals surface area contributed by atoms with Crippen molar-refractivity contribution >= 4 is 0 Å². The lowest BCUT2D eigenvalue weighted by Gasteiger charge is -2.35. The highest BCUT2D eigenvalue weighted by Crippen LogP contribution is 2.29. The summed E-state index contributed by atoms with van der Waals surface area (Å²) < 4.78 is 40.5. The minimum absolute atomic E-state index is 0.0405. The lowest BCUT2D eigenvalue weighted by molar-refractivity contribution is -0.0494. The Morgan fingerprint density at radius 3 is 2.59 bits per heavy atom. The van der Waals surface area contributed by atoms with Crippen molar-refractivity contribution in [2.24, 2.45) is 5.92 Å². The second-order valence-electron chi connectivity index (χ2n) is 7.52. The van der Waals surface area contributed by atoms with E-state index >= 15 is 0 Å². The highest BCUT2D eigenvalue weighted by atomic mass is 19.3. The molecule has 0 atom stereocenters. The number of rotatable bonds is 7. The van der Waals surface area contributed by atoms with E-state index in [1.54, 1.807) is 18.2 Å². The summed E-state index contributed by atoms with van der Waals surface area (Å²) in [6.07, 6.45) is 2.28. The van der Waals surface area contributed by atoms with Crippen molar-refractivity contribution < 1.29 is 22.8 Å². The van der Waals surface area contributed by atoms with Gasteiger partial charge in [0.1, 0.15) is 5.75 Å². The second-order valence-corrected chi connectivity index (χ2v) is 7.52. The van der Waals surface area contributed by atoms with Crippen LogP contribution in [-0.2, 0) is 11.3 Å². The molecule has 2 aliphatic heterocycles. The maximum atomic E-state index is 12.6. The summed E-state index contributed by atoms with van der Waals surface area (Å²) in [6.45, 7) is 4.51. The van der Waals surface area contributed by atoms with Gasteiger partial charge < -0.3 is 14.0 Å². The van der Waals surface area contributed by atoms with Crippen molar-refractivity contribution in [3.63, 3.8) is 0 Å². The minimum atomic E-state index is -2.90. The van der Waals surface area contributed by atoms with Crippen LogP contribution in [0.4, 0.5) is 8.78 Å². The van der Waals surface area contributed by atoms with E-state index in [0.29, 0.717) is 23.9 Å². The molecule has 7 nitrogen and oxygen atoms in total. The molecular weight excluding hydrogens is 382 g/mol. The predicted molar refractivity (Wildman–Crippen MR) is 102 cm³/mol. The molecule has 2 aromatic rings. The number of alkyl halides is 2. The van der Waals surface area contributed by atoms with Crippen LogP contribution in [0.15, 0.2) is 28.8 Å². The lowest BCUT2D eigenvalue weighted by atomic mass is 9.96. The number of nitrogens with zero attached hydrogens (tertiary/aromatic N) is 4. The molecule has 4 rings (SSSR count). The Morgan fingerprint density at radius 2 is 1.83 bits per heavy atom. The normalized spacial score (nSPS) is 19.7. The maximum absolute atomic E-state index is 12.6. The second kappa shape index (κ2) is 9.60. The zero-order valence-corrected chi connectivity index (χ0v) is 16.3. The lowest BCUT2D eigenvalue weighted by Crippen LogP contribution is -2.42. The molecule has 0 saturated carbocycles. The highest BCUT2D eigenvalue weighted by Gasteiger charge is 2.24. The Balaban J connectivity index is 1.30. The van der Waals surface area contributed by atoms with Crippen LogP contribution in [0, 0.1) is 5.92 Å². The van der Waals surface area contributed by atoms with E-state index in [1.807, 2.05) is 0 Å². The van der Waals surface area contributed by atoms with Crippen LogP contribution in [0.25, 0.3) is 11.4 Å². The third-order valence-electron chi connectivity index (χ3n) is 5.50. The first-order valence-corrected chi connectivity index (χ1v) is 10.1. The smallest absolute Gasteiger partial charge is 0.387 e. The first-order valence-electron chi connectivity index (χ1n) is 10.1. The van der Waals surface area contributed by atoms with E-state index in [0.717, 1.165) is 58.8 Å². The third kappa shape index (κ3) is 5.49. The molecule has 158 valence electrons. The zero-order valence-electron chi connectivity index (χ0n) is 16.3. The number of halogens is 2. The summed E-state index contributed by atoms with van der Waals surface area (Å²) in [6, 6.07) is 6.46. The van der Waals surface area contributed by atoms with E-state index < -0.39 is 6.61 Å². The monoisotopic (exact) mass is 408 g/mol. The first-order chi connectivity index (χ1) is 14.2. The van der Waals surface area contributed by atoms with Gasteiger partial charge in [-0.3, -0.25) is 9.80 Å². The molecule has 0 radical (unpaired) electrons. The van der Waals surface area contributed by atoms with Crippen molar-refractivity contribution in [1.82, 2.24) is 19.9 Å². The maximum Gasteiger partial charge on any atom is 0.387 e. The van der Waals surface area contributed by atoms with Crippen LogP contribution in [-0.4, -0.2) is 72.5 Å². The minimum Gasteiger partial charge on any atom is -0.434 e. The average molecular weight is 408 g/mol. The number of para-hydroxylation sites is 1. The number of hydrogen-bond donors (Lipinski definition) is 0. The van der Waals surface area contributed by atoms with Gasteiger partial charge in [-0.15, -0.1) is 0 Å². The largest absolute Gasteiger partial charge is 0.434 e. The summed E-state index contributed by atoms with van der Waals surface area (Å²) in [5, 5.41) is 3.96. The molecule has 29 heavy (non-hydrogen) atoms. The Kier molecular flexibility index (Phi) is 6.68. The first kappa shape index (κ1) is 20.2. The highest BCUT2D eigenvalue weighted by molar-refractivity contribution is 5.63. The van der Waals surface area contributed by atoms with Gasteiger partial charge in [0.25, 0.3) is 0 Å². The van der Waals surface area contributed by atoms with E-state index in [1.165, 1.54) is 6.07 Å². The van der Waals surface area contributed by atoms with Crippen LogP contribution in [0.2, 0.25) is 0 Å². The predicted octanol–water partition coefficient (Wildman–Crippen LogP) is 2.88. The summed E-state index contributed by atoms with van der Waals surface area (Å²) in [5.74, 6) is 1.50. The molecule has 0 amide bonds. The van der Waals surface area contributed by atoms with Crippen LogP contribution in [0.5, 0.6) is 5.75 Å². The SMILES string of the molecule is FC(F)Oc1ccccc1-c1noc(CN2CCC(CN3CCOCC3)CC2)n1. The summed E-state index contributed by atoms with van der Waals surface area (Å²) >= 11 is 0. The molecule has 1 aromatic carbocycles. The van der Waals surface area contributed by atoms with Gasteiger partial charge in [-0.1, -0.05) is 17.3 Å². The van der Waals surface area contributed by atoms with Crippen LogP contribution < -0.4 is 4.74 Å². The molecule has 2 fully saturated rings. The van der Waals surface area contributed by atoms with Gasteiger partial charge in [0.05, 0.1) is 25.3 Å². The van der Waals surface area contributed by atoms with Crippen molar-refractivity contribution in [2.75, 3.05) is 45.9 Å². The van der Waals surface area contributed by atoms with E-state index in [4.69, 9.17) is 9.26 Å². The molecular formula is C20H26F2N4O3. The van der Waals surface area contributed by atoms with Gasteiger partial charge in [-0.2, -0.15) is 13.8 Å². The molecule has 1 aromatic heterocycles. The third-order valence-corrected chi connectivity index (χ3v) is 5.50. The van der Waals surface area contributed by atoms with Crippen molar-refractivity contribution in [1.29, 1.82) is 0 Å². The van der Waals surface area contributed by atoms with Gasteiger partial charge in [0.2, 0.25) is 11.7 Å². The van der Waals surface area contributed by atoms with E-state index in [-0.39, 0.29) is 11.6 Å². The van der Waals surface area contributed by atoms with Gasteiger partial charge >= 0.3 is 6.61 Å². The topological polar surface area (TPSA) is 63.9 Å². The van der Waals surface area contributed by atoms with E-state index in [2.05, 4.69) is 24.7 Å². The van der Waals surface area contributed by atoms with Crippen LogP contribution in [0.3, 0.4) is 0 Å². The van der Waals surface area contributed by atoms with Crippen LogP contribution >= 0.6 is 0 Å². The fourth-order valence-corrected chi connectivity index (χ4v) is 3.95. The Morgan fingerprint density at radius 1 is 1.07 bits per heavy atom.